The van der Waals surface area contributed by atoms with Gasteiger partial charge in [0.2, 0.25) is 0 Å². The molecule has 2 rings (SSSR count). The molecule has 146 valence electrons. The number of nitrogens with zero attached hydrogens (tertiary/aromatic N) is 2. The van der Waals surface area contributed by atoms with Crippen molar-refractivity contribution in [1.82, 2.24) is 20.9 Å². The minimum atomic E-state index is -0.0461. The van der Waals surface area contributed by atoms with E-state index in [4.69, 9.17) is 0 Å². The van der Waals surface area contributed by atoms with Crippen molar-refractivity contribution in [3.8, 4) is 0 Å². The fourth-order valence-electron chi connectivity index (χ4n) is 2.47. The van der Waals surface area contributed by atoms with Crippen molar-refractivity contribution in [3.05, 3.63) is 51.0 Å². The number of rotatable bonds is 8. The molecule has 0 aliphatic carbocycles. The Hall–Kier alpha value is -2.41. The van der Waals surface area contributed by atoms with E-state index in [-0.39, 0.29) is 5.91 Å². The van der Waals surface area contributed by atoms with E-state index in [1.165, 1.54) is 4.88 Å². The van der Waals surface area contributed by atoms with Gasteiger partial charge in [-0.15, -0.1) is 11.3 Å². The van der Waals surface area contributed by atoms with E-state index in [0.29, 0.717) is 18.7 Å². The summed E-state index contributed by atoms with van der Waals surface area (Å²) in [7, 11) is 0. The maximum atomic E-state index is 11.8. The fraction of sp³-hybridized carbons (Fsp3) is 0.450. The van der Waals surface area contributed by atoms with Crippen molar-refractivity contribution in [1.29, 1.82) is 0 Å². The molecule has 6 nitrogen and oxygen atoms in total. The minimum Gasteiger partial charge on any atom is -0.357 e. The Morgan fingerprint density at radius 2 is 1.78 bits per heavy atom. The lowest BCUT2D eigenvalue weighted by molar-refractivity contribution is 0.0956. The van der Waals surface area contributed by atoms with Crippen molar-refractivity contribution in [2.75, 3.05) is 19.6 Å². The second kappa shape index (κ2) is 10.7. The Kier molecular flexibility index (Phi) is 8.26. The molecule has 1 aromatic heterocycles. The lowest BCUT2D eigenvalue weighted by atomic mass is 10.1. The minimum absolute atomic E-state index is 0.0461. The second-order valence-electron chi connectivity index (χ2n) is 6.18. The van der Waals surface area contributed by atoms with Crippen molar-refractivity contribution >= 4 is 23.2 Å². The van der Waals surface area contributed by atoms with Gasteiger partial charge < -0.3 is 16.0 Å². The average molecular weight is 388 g/mol. The molecule has 0 saturated heterocycles. The number of nitrogens with one attached hydrogen (secondary N) is 3. The number of aromatic nitrogens is 1. The Morgan fingerprint density at radius 1 is 1.07 bits per heavy atom. The summed E-state index contributed by atoms with van der Waals surface area (Å²) < 4.78 is 0. The largest absolute Gasteiger partial charge is 0.357 e. The number of hydrogen-bond acceptors (Lipinski definition) is 4. The van der Waals surface area contributed by atoms with Gasteiger partial charge in [-0.05, 0) is 45.4 Å². The van der Waals surface area contributed by atoms with Crippen molar-refractivity contribution in [2.24, 2.45) is 4.99 Å². The van der Waals surface area contributed by atoms with Gasteiger partial charge in [-0.3, -0.25) is 4.79 Å². The van der Waals surface area contributed by atoms with Crippen molar-refractivity contribution in [3.63, 3.8) is 0 Å². The Labute approximate surface area is 165 Å². The zero-order chi connectivity index (χ0) is 19.6. The van der Waals surface area contributed by atoms with E-state index in [1.54, 1.807) is 11.3 Å². The number of guanidine groups is 1. The summed E-state index contributed by atoms with van der Waals surface area (Å²) in [4.78, 5) is 22.3. The smallest absolute Gasteiger partial charge is 0.251 e. The van der Waals surface area contributed by atoms with Crippen LogP contribution in [0, 0.1) is 13.8 Å². The number of carbonyl (C=O) groups is 1. The van der Waals surface area contributed by atoms with Gasteiger partial charge in [0, 0.05) is 36.5 Å². The molecule has 0 unspecified atom stereocenters. The van der Waals surface area contributed by atoms with Crippen LogP contribution in [0.2, 0.25) is 0 Å². The second-order valence-corrected chi connectivity index (χ2v) is 7.47. The summed E-state index contributed by atoms with van der Waals surface area (Å²) in [6.45, 7) is 10.9. The molecule has 0 aliphatic rings. The Bertz CT molecular complexity index is 748. The molecule has 0 fully saturated rings. The molecule has 0 bridgehead atoms. The van der Waals surface area contributed by atoms with Crippen LogP contribution in [-0.2, 0) is 13.0 Å². The van der Waals surface area contributed by atoms with Crippen LogP contribution in [0.25, 0.3) is 0 Å². The SMILES string of the molecule is CCNC(=O)c1ccc(CN=C(NCC)NCCc2nc(C)c(C)s2)cc1. The highest BCUT2D eigenvalue weighted by atomic mass is 32.1. The lowest BCUT2D eigenvalue weighted by Crippen LogP contribution is -2.38. The van der Waals surface area contributed by atoms with Gasteiger partial charge in [0.05, 0.1) is 17.2 Å². The molecule has 1 aromatic carbocycles. The van der Waals surface area contributed by atoms with Crippen LogP contribution in [0.5, 0.6) is 0 Å². The van der Waals surface area contributed by atoms with E-state index in [0.717, 1.165) is 41.7 Å². The first-order valence-electron chi connectivity index (χ1n) is 9.35. The number of thiazole rings is 1. The van der Waals surface area contributed by atoms with Gasteiger partial charge in [-0.1, -0.05) is 12.1 Å². The first kappa shape index (κ1) is 20.9. The summed E-state index contributed by atoms with van der Waals surface area (Å²) >= 11 is 1.75. The zero-order valence-electron chi connectivity index (χ0n) is 16.6. The maximum absolute atomic E-state index is 11.8. The number of carbonyl (C=O) groups excluding carboxylic acids is 1. The highest BCUT2D eigenvalue weighted by molar-refractivity contribution is 7.11. The van der Waals surface area contributed by atoms with Crippen molar-refractivity contribution in [2.45, 2.75) is 40.7 Å². The molecule has 0 saturated carbocycles. The molecule has 0 atom stereocenters. The van der Waals surface area contributed by atoms with Crippen LogP contribution in [0.15, 0.2) is 29.3 Å². The molecule has 0 spiro atoms. The van der Waals surface area contributed by atoms with Crippen LogP contribution in [0.3, 0.4) is 0 Å². The number of hydrogen-bond donors (Lipinski definition) is 3. The third-order valence-electron chi connectivity index (χ3n) is 4.02. The van der Waals surface area contributed by atoms with E-state index >= 15 is 0 Å². The summed E-state index contributed by atoms with van der Waals surface area (Å²) in [5.74, 6) is 0.741. The molecular formula is C20H29N5OS. The van der Waals surface area contributed by atoms with Gasteiger partial charge in [0.15, 0.2) is 5.96 Å². The highest BCUT2D eigenvalue weighted by Gasteiger charge is 2.05. The van der Waals surface area contributed by atoms with Crippen LogP contribution < -0.4 is 16.0 Å². The van der Waals surface area contributed by atoms with Crippen LogP contribution in [-0.4, -0.2) is 36.5 Å². The Morgan fingerprint density at radius 3 is 2.37 bits per heavy atom. The van der Waals surface area contributed by atoms with Gasteiger partial charge >= 0.3 is 0 Å². The monoisotopic (exact) mass is 387 g/mol. The fourth-order valence-corrected chi connectivity index (χ4v) is 3.40. The van der Waals surface area contributed by atoms with Crippen LogP contribution in [0.4, 0.5) is 0 Å². The standard InChI is InChI=1S/C20H29N5OS/c1-5-21-19(26)17-9-7-16(8-10-17)13-24-20(22-6-2)23-12-11-18-25-14(3)15(4)27-18/h7-10H,5-6,11-13H2,1-4H3,(H,21,26)(H2,22,23,24). The van der Waals surface area contributed by atoms with Crippen molar-refractivity contribution < 1.29 is 4.79 Å². The summed E-state index contributed by atoms with van der Waals surface area (Å²) in [5.41, 5.74) is 2.85. The molecule has 1 amide bonds. The first-order valence-corrected chi connectivity index (χ1v) is 10.2. The quantitative estimate of drug-likeness (QED) is 0.481. The van der Waals surface area contributed by atoms with E-state index in [1.807, 2.05) is 45.0 Å². The molecule has 3 N–H and O–H groups in total. The first-order chi connectivity index (χ1) is 13.0. The summed E-state index contributed by atoms with van der Waals surface area (Å²) in [5, 5.41) is 10.6. The van der Waals surface area contributed by atoms with Gasteiger partial charge in [0.1, 0.15) is 0 Å². The van der Waals surface area contributed by atoms with Gasteiger partial charge in [-0.25, -0.2) is 9.98 Å². The summed E-state index contributed by atoms with van der Waals surface area (Å²) in [6, 6.07) is 7.56. The molecule has 27 heavy (non-hydrogen) atoms. The molecule has 0 aliphatic heterocycles. The highest BCUT2D eigenvalue weighted by Crippen LogP contribution is 2.16. The van der Waals surface area contributed by atoms with E-state index in [9.17, 15) is 4.79 Å². The number of amides is 1. The molecular weight excluding hydrogens is 358 g/mol. The van der Waals surface area contributed by atoms with E-state index < -0.39 is 0 Å². The normalized spacial score (nSPS) is 11.3. The molecule has 0 radical (unpaired) electrons. The molecule has 7 heteroatoms. The predicted molar refractivity (Wildman–Crippen MR) is 113 cm³/mol. The number of benzene rings is 1. The van der Waals surface area contributed by atoms with Crippen LogP contribution in [0.1, 0.15) is 45.3 Å². The maximum Gasteiger partial charge on any atom is 0.251 e. The topological polar surface area (TPSA) is 78.4 Å². The third kappa shape index (κ3) is 6.67. The van der Waals surface area contributed by atoms with Crippen LogP contribution >= 0.6 is 11.3 Å². The third-order valence-corrected chi connectivity index (χ3v) is 5.15. The summed E-state index contributed by atoms with van der Waals surface area (Å²) in [6.07, 6.45) is 0.880. The Balaban J connectivity index is 1.89. The average Bonchev–Trinajstić information content (AvgIpc) is 2.98. The van der Waals surface area contributed by atoms with Gasteiger partial charge in [-0.2, -0.15) is 0 Å². The number of aryl methyl sites for hydroxylation is 2. The predicted octanol–water partition coefficient (Wildman–Crippen LogP) is 2.81. The zero-order valence-corrected chi connectivity index (χ0v) is 17.4. The molecule has 2 aromatic rings. The van der Waals surface area contributed by atoms with E-state index in [2.05, 4.69) is 32.9 Å². The molecule has 1 heterocycles. The van der Waals surface area contributed by atoms with Gasteiger partial charge in [0.25, 0.3) is 5.91 Å². The lowest BCUT2D eigenvalue weighted by Gasteiger charge is -2.10. The number of aliphatic imine (C=N–C) groups is 1.